The maximum Gasteiger partial charge on any atom is 0.0729 e. The van der Waals surface area contributed by atoms with Crippen molar-refractivity contribution in [2.75, 3.05) is 0 Å². The van der Waals surface area contributed by atoms with Crippen molar-refractivity contribution in [3.8, 4) is 0 Å². The van der Waals surface area contributed by atoms with Crippen LogP contribution in [-0.2, 0) is 11.5 Å². The molecule has 0 amide bonds. The zero-order chi connectivity index (χ0) is 14.4. The van der Waals surface area contributed by atoms with Gasteiger partial charge in [0, 0.05) is 17.7 Å². The minimum atomic E-state index is 0.446. The lowest BCUT2D eigenvalue weighted by molar-refractivity contribution is 0.793. The van der Waals surface area contributed by atoms with Gasteiger partial charge < -0.3 is 0 Å². The molecule has 0 saturated carbocycles. The quantitative estimate of drug-likeness (QED) is 0.716. The van der Waals surface area contributed by atoms with E-state index in [-0.39, 0.29) is 0 Å². The maximum absolute atomic E-state index is 4.83. The number of aromatic nitrogens is 2. The average Bonchev–Trinajstić information content (AvgIpc) is 2.33. The van der Waals surface area contributed by atoms with E-state index < -0.39 is 0 Å². The van der Waals surface area contributed by atoms with Gasteiger partial charge in [-0.1, -0.05) is 41.5 Å². The molecule has 0 atom stereocenters. The number of hydrogen-bond donors (Lipinski definition) is 0. The van der Waals surface area contributed by atoms with E-state index in [1.165, 1.54) is 5.69 Å². The Labute approximate surface area is 126 Å². The number of nitrogens with zero attached hydrogens (tertiary/aromatic N) is 2. The van der Waals surface area contributed by atoms with Gasteiger partial charge in [0.05, 0.1) is 17.1 Å². The molecule has 0 saturated heterocycles. The third kappa shape index (κ3) is 6.17. The Bertz CT molecular complexity index is 390. The van der Waals surface area contributed by atoms with E-state index in [9.17, 15) is 0 Å². The molecule has 0 fully saturated rings. The standard InChI is InChI=1S/C15H26N2S2/c1-10(2)13-7-16-14(8-18-11(3)4)15(17-13)9-19-12(5)6/h7,10-12H,8-9H2,1-6H3. The summed E-state index contributed by atoms with van der Waals surface area (Å²) in [4.78, 5) is 9.48. The third-order valence-corrected chi connectivity index (χ3v) is 4.86. The van der Waals surface area contributed by atoms with Crippen molar-refractivity contribution < 1.29 is 0 Å². The first kappa shape index (κ1) is 16.8. The van der Waals surface area contributed by atoms with Gasteiger partial charge in [-0.15, -0.1) is 0 Å². The molecule has 108 valence electrons. The molecule has 0 spiro atoms. The second-order valence-electron chi connectivity index (χ2n) is 5.56. The van der Waals surface area contributed by atoms with Gasteiger partial charge in [-0.3, -0.25) is 9.97 Å². The predicted molar refractivity (Wildman–Crippen MR) is 89.0 cm³/mol. The molecule has 4 heteroatoms. The van der Waals surface area contributed by atoms with Crippen LogP contribution in [0.4, 0.5) is 0 Å². The van der Waals surface area contributed by atoms with Gasteiger partial charge in [0.1, 0.15) is 0 Å². The topological polar surface area (TPSA) is 25.8 Å². The molecule has 0 aliphatic carbocycles. The van der Waals surface area contributed by atoms with E-state index >= 15 is 0 Å². The van der Waals surface area contributed by atoms with Crippen LogP contribution in [0.2, 0.25) is 0 Å². The fraction of sp³-hybridized carbons (Fsp3) is 0.733. The first-order chi connectivity index (χ1) is 8.90. The van der Waals surface area contributed by atoms with Crippen LogP contribution < -0.4 is 0 Å². The van der Waals surface area contributed by atoms with Crippen LogP contribution in [0.5, 0.6) is 0 Å². The highest BCUT2D eigenvalue weighted by molar-refractivity contribution is 7.99. The van der Waals surface area contributed by atoms with Crippen molar-refractivity contribution in [3.05, 3.63) is 23.3 Å². The molecule has 0 aliphatic rings. The molecular weight excluding hydrogens is 272 g/mol. The fourth-order valence-electron chi connectivity index (χ4n) is 1.47. The van der Waals surface area contributed by atoms with Gasteiger partial charge in [-0.2, -0.15) is 23.5 Å². The molecule has 1 aromatic heterocycles. The smallest absolute Gasteiger partial charge is 0.0729 e. The Hall–Kier alpha value is -0.220. The second kappa shape index (κ2) is 8.15. The monoisotopic (exact) mass is 298 g/mol. The number of hydrogen-bond acceptors (Lipinski definition) is 4. The van der Waals surface area contributed by atoms with Crippen LogP contribution in [0.25, 0.3) is 0 Å². The largest absolute Gasteiger partial charge is 0.257 e. The van der Waals surface area contributed by atoms with Crippen molar-refractivity contribution in [1.29, 1.82) is 0 Å². The summed E-state index contributed by atoms with van der Waals surface area (Å²) in [5.41, 5.74) is 3.45. The van der Waals surface area contributed by atoms with Crippen LogP contribution in [-0.4, -0.2) is 20.5 Å². The van der Waals surface area contributed by atoms with Crippen LogP contribution in [0.1, 0.15) is 64.5 Å². The molecule has 1 aromatic rings. The van der Waals surface area contributed by atoms with E-state index in [0.29, 0.717) is 16.4 Å². The van der Waals surface area contributed by atoms with Gasteiger partial charge in [0.25, 0.3) is 0 Å². The molecule has 0 bridgehead atoms. The van der Waals surface area contributed by atoms with Gasteiger partial charge in [-0.25, -0.2) is 0 Å². The molecule has 1 rings (SSSR count). The summed E-state index contributed by atoms with van der Waals surface area (Å²) < 4.78 is 0. The summed E-state index contributed by atoms with van der Waals surface area (Å²) in [6.45, 7) is 13.3. The lowest BCUT2D eigenvalue weighted by Gasteiger charge is -2.13. The lowest BCUT2D eigenvalue weighted by Crippen LogP contribution is -2.06. The van der Waals surface area contributed by atoms with Gasteiger partial charge in [0.2, 0.25) is 0 Å². The van der Waals surface area contributed by atoms with Crippen LogP contribution in [0, 0.1) is 0 Å². The van der Waals surface area contributed by atoms with Crippen molar-refractivity contribution in [1.82, 2.24) is 9.97 Å². The molecule has 2 nitrogen and oxygen atoms in total. The normalized spacial score (nSPS) is 11.8. The van der Waals surface area contributed by atoms with E-state index in [1.807, 2.05) is 29.7 Å². The molecule has 0 unspecified atom stereocenters. The van der Waals surface area contributed by atoms with Gasteiger partial charge >= 0.3 is 0 Å². The highest BCUT2D eigenvalue weighted by Crippen LogP contribution is 2.24. The Kier molecular flexibility index (Phi) is 7.22. The summed E-state index contributed by atoms with van der Waals surface area (Å²) in [7, 11) is 0. The molecule has 19 heavy (non-hydrogen) atoms. The SMILES string of the molecule is CC(C)SCc1ncc(C(C)C)nc1CSC(C)C. The molecular formula is C15H26N2S2. The van der Waals surface area contributed by atoms with Crippen LogP contribution in [0.15, 0.2) is 6.20 Å². The molecule has 1 heterocycles. The van der Waals surface area contributed by atoms with Crippen molar-refractivity contribution in [3.63, 3.8) is 0 Å². The zero-order valence-corrected chi connectivity index (χ0v) is 14.6. The summed E-state index contributed by atoms with van der Waals surface area (Å²) in [6.07, 6.45) is 1.95. The van der Waals surface area contributed by atoms with E-state index in [0.717, 1.165) is 22.9 Å². The molecule has 0 aliphatic heterocycles. The van der Waals surface area contributed by atoms with Gasteiger partial charge in [-0.05, 0) is 16.4 Å². The Balaban J connectivity index is 2.87. The summed E-state index contributed by atoms with van der Waals surface area (Å²) in [5, 5.41) is 1.27. The fourth-order valence-corrected chi connectivity index (χ4v) is 2.93. The van der Waals surface area contributed by atoms with Crippen molar-refractivity contribution in [2.45, 2.75) is 69.5 Å². The molecule has 0 radical (unpaired) electrons. The van der Waals surface area contributed by atoms with Crippen molar-refractivity contribution >= 4 is 23.5 Å². The highest BCUT2D eigenvalue weighted by Gasteiger charge is 2.11. The summed E-state index contributed by atoms with van der Waals surface area (Å²) in [5.74, 6) is 2.39. The highest BCUT2D eigenvalue weighted by atomic mass is 32.2. The first-order valence-corrected chi connectivity index (χ1v) is 9.07. The van der Waals surface area contributed by atoms with Crippen LogP contribution >= 0.6 is 23.5 Å². The Morgan fingerprint density at radius 2 is 1.42 bits per heavy atom. The number of rotatable bonds is 7. The summed E-state index contributed by atoms with van der Waals surface area (Å²) >= 11 is 3.88. The van der Waals surface area contributed by atoms with Crippen molar-refractivity contribution in [2.24, 2.45) is 0 Å². The lowest BCUT2D eigenvalue weighted by atomic mass is 10.1. The predicted octanol–water partition coefficient (Wildman–Crippen LogP) is 4.88. The molecule has 0 N–H and O–H groups in total. The van der Waals surface area contributed by atoms with E-state index in [4.69, 9.17) is 4.98 Å². The zero-order valence-electron chi connectivity index (χ0n) is 12.9. The van der Waals surface area contributed by atoms with Crippen LogP contribution in [0.3, 0.4) is 0 Å². The Morgan fingerprint density at radius 1 is 0.895 bits per heavy atom. The molecule has 0 aromatic carbocycles. The third-order valence-electron chi connectivity index (χ3n) is 2.65. The first-order valence-electron chi connectivity index (χ1n) is 6.98. The minimum Gasteiger partial charge on any atom is -0.257 e. The average molecular weight is 299 g/mol. The van der Waals surface area contributed by atoms with E-state index in [1.54, 1.807) is 0 Å². The Morgan fingerprint density at radius 3 is 1.89 bits per heavy atom. The summed E-state index contributed by atoms with van der Waals surface area (Å²) in [6, 6.07) is 0. The second-order valence-corrected chi connectivity index (χ2v) is 8.69. The van der Waals surface area contributed by atoms with Gasteiger partial charge in [0.15, 0.2) is 0 Å². The maximum atomic E-state index is 4.83. The van der Waals surface area contributed by atoms with E-state index in [2.05, 4.69) is 46.5 Å². The number of thioether (sulfide) groups is 2. The minimum absolute atomic E-state index is 0.446.